The summed E-state index contributed by atoms with van der Waals surface area (Å²) in [6, 6.07) is 5.75. The van der Waals surface area contributed by atoms with Crippen LogP contribution in [0.15, 0.2) is 30.9 Å². The van der Waals surface area contributed by atoms with Crippen LogP contribution in [0.1, 0.15) is 18.4 Å². The van der Waals surface area contributed by atoms with Crippen LogP contribution in [0.25, 0.3) is 0 Å². The summed E-state index contributed by atoms with van der Waals surface area (Å²) >= 11 is 5.98. The third-order valence-corrected chi connectivity index (χ3v) is 3.09. The molecule has 1 aromatic carbocycles. The second-order valence-electron chi connectivity index (χ2n) is 3.92. The van der Waals surface area contributed by atoms with E-state index in [0.717, 1.165) is 31.5 Å². The molecular weight excluding hydrogens is 222 g/mol. The SMILES string of the molecule is C=CC(=O)N1CCCCc2ccc(Cl)cc21. The molecule has 16 heavy (non-hydrogen) atoms. The zero-order chi connectivity index (χ0) is 11.5. The lowest BCUT2D eigenvalue weighted by Crippen LogP contribution is -2.29. The molecule has 0 aromatic heterocycles. The average molecular weight is 236 g/mol. The van der Waals surface area contributed by atoms with Crippen molar-refractivity contribution in [2.45, 2.75) is 19.3 Å². The van der Waals surface area contributed by atoms with Crippen LogP contribution in [-0.4, -0.2) is 12.5 Å². The Morgan fingerprint density at radius 2 is 2.25 bits per heavy atom. The minimum Gasteiger partial charge on any atom is -0.309 e. The fraction of sp³-hybridized carbons (Fsp3) is 0.308. The van der Waals surface area contributed by atoms with Crippen LogP contribution < -0.4 is 4.90 Å². The van der Waals surface area contributed by atoms with Gasteiger partial charge in [0.05, 0.1) is 0 Å². The van der Waals surface area contributed by atoms with Gasteiger partial charge in [-0.1, -0.05) is 24.2 Å². The van der Waals surface area contributed by atoms with Crippen LogP contribution >= 0.6 is 11.6 Å². The number of carbonyl (C=O) groups excluding carboxylic acids is 1. The van der Waals surface area contributed by atoms with Crippen molar-refractivity contribution in [3.05, 3.63) is 41.4 Å². The van der Waals surface area contributed by atoms with Crippen LogP contribution in [0.3, 0.4) is 0 Å². The molecule has 1 aliphatic heterocycles. The fourth-order valence-corrected chi connectivity index (χ4v) is 2.21. The Morgan fingerprint density at radius 1 is 1.44 bits per heavy atom. The standard InChI is InChI=1S/C13H14ClNO/c1-2-13(16)15-8-4-3-5-10-6-7-11(14)9-12(10)15/h2,6-7,9H,1,3-5,8H2. The Labute approximate surface area is 101 Å². The molecule has 0 spiro atoms. The first-order valence-corrected chi connectivity index (χ1v) is 5.82. The summed E-state index contributed by atoms with van der Waals surface area (Å²) in [6.07, 6.45) is 4.49. The first-order chi connectivity index (χ1) is 7.72. The van der Waals surface area contributed by atoms with Gasteiger partial charge < -0.3 is 4.90 Å². The average Bonchev–Trinajstić information content (AvgIpc) is 2.50. The van der Waals surface area contributed by atoms with Gasteiger partial charge in [-0.2, -0.15) is 0 Å². The van der Waals surface area contributed by atoms with E-state index in [1.165, 1.54) is 11.6 Å². The predicted octanol–water partition coefficient (Wildman–Crippen LogP) is 3.20. The molecule has 84 valence electrons. The first-order valence-electron chi connectivity index (χ1n) is 5.45. The second-order valence-corrected chi connectivity index (χ2v) is 4.36. The van der Waals surface area contributed by atoms with Gasteiger partial charge in [-0.25, -0.2) is 0 Å². The van der Waals surface area contributed by atoms with E-state index in [1.807, 2.05) is 18.2 Å². The van der Waals surface area contributed by atoms with E-state index in [9.17, 15) is 4.79 Å². The summed E-state index contributed by atoms with van der Waals surface area (Å²) in [5, 5.41) is 0.669. The number of hydrogen-bond acceptors (Lipinski definition) is 1. The van der Waals surface area contributed by atoms with Gasteiger partial charge in [-0.3, -0.25) is 4.79 Å². The van der Waals surface area contributed by atoms with Crippen molar-refractivity contribution in [1.82, 2.24) is 0 Å². The number of anilines is 1. The normalized spacial score (nSPS) is 15.2. The minimum absolute atomic E-state index is 0.0505. The smallest absolute Gasteiger partial charge is 0.250 e. The molecule has 0 atom stereocenters. The quantitative estimate of drug-likeness (QED) is 0.685. The first kappa shape index (κ1) is 11.2. The Balaban J connectivity index is 2.46. The molecule has 2 rings (SSSR count). The summed E-state index contributed by atoms with van der Waals surface area (Å²) in [5.41, 5.74) is 2.13. The van der Waals surface area contributed by atoms with E-state index in [0.29, 0.717) is 5.02 Å². The van der Waals surface area contributed by atoms with Crippen molar-refractivity contribution in [2.75, 3.05) is 11.4 Å². The molecule has 0 bridgehead atoms. The van der Waals surface area contributed by atoms with Crippen molar-refractivity contribution in [3.8, 4) is 0 Å². The molecule has 0 radical (unpaired) electrons. The van der Waals surface area contributed by atoms with Gasteiger partial charge in [-0.15, -0.1) is 0 Å². The number of fused-ring (bicyclic) bond motifs is 1. The maximum absolute atomic E-state index is 11.8. The van der Waals surface area contributed by atoms with E-state index < -0.39 is 0 Å². The van der Waals surface area contributed by atoms with Gasteiger partial charge in [0.15, 0.2) is 0 Å². The van der Waals surface area contributed by atoms with Crippen molar-refractivity contribution in [1.29, 1.82) is 0 Å². The lowest BCUT2D eigenvalue weighted by atomic mass is 10.1. The highest BCUT2D eigenvalue weighted by molar-refractivity contribution is 6.31. The Kier molecular flexibility index (Phi) is 3.30. The summed E-state index contributed by atoms with van der Waals surface area (Å²) in [7, 11) is 0. The second kappa shape index (κ2) is 4.71. The van der Waals surface area contributed by atoms with Crippen LogP contribution in [0.4, 0.5) is 5.69 Å². The number of aryl methyl sites for hydroxylation is 1. The van der Waals surface area contributed by atoms with Crippen LogP contribution in [0.2, 0.25) is 5.02 Å². The fourth-order valence-electron chi connectivity index (χ4n) is 2.04. The number of amides is 1. The molecule has 1 amide bonds. The van der Waals surface area contributed by atoms with Crippen LogP contribution in [-0.2, 0) is 11.2 Å². The predicted molar refractivity (Wildman–Crippen MR) is 66.9 cm³/mol. The van der Waals surface area contributed by atoms with Crippen LogP contribution in [0, 0.1) is 0 Å². The molecule has 0 fully saturated rings. The number of benzene rings is 1. The highest BCUT2D eigenvalue weighted by Crippen LogP contribution is 2.29. The topological polar surface area (TPSA) is 20.3 Å². The van der Waals surface area contributed by atoms with E-state index in [4.69, 9.17) is 11.6 Å². The van der Waals surface area contributed by atoms with E-state index in [2.05, 4.69) is 6.58 Å². The van der Waals surface area contributed by atoms with Crippen molar-refractivity contribution in [2.24, 2.45) is 0 Å². The Hall–Kier alpha value is -1.28. The summed E-state index contributed by atoms with van der Waals surface area (Å²) in [5.74, 6) is -0.0505. The van der Waals surface area contributed by atoms with Gasteiger partial charge in [0, 0.05) is 17.3 Å². The van der Waals surface area contributed by atoms with E-state index in [-0.39, 0.29) is 5.91 Å². The molecule has 3 heteroatoms. The monoisotopic (exact) mass is 235 g/mol. The maximum atomic E-state index is 11.8. The molecular formula is C13H14ClNO. The number of carbonyl (C=O) groups is 1. The van der Waals surface area contributed by atoms with Crippen molar-refractivity contribution in [3.63, 3.8) is 0 Å². The Bertz CT molecular complexity index is 428. The third-order valence-electron chi connectivity index (χ3n) is 2.86. The highest BCUT2D eigenvalue weighted by atomic mass is 35.5. The molecule has 0 saturated heterocycles. The number of hydrogen-bond donors (Lipinski definition) is 0. The van der Waals surface area contributed by atoms with Crippen molar-refractivity contribution >= 4 is 23.2 Å². The molecule has 1 aromatic rings. The zero-order valence-electron chi connectivity index (χ0n) is 9.08. The van der Waals surface area contributed by atoms with Gasteiger partial charge in [0.2, 0.25) is 5.91 Å². The van der Waals surface area contributed by atoms with Crippen LogP contribution in [0.5, 0.6) is 0 Å². The highest BCUT2D eigenvalue weighted by Gasteiger charge is 2.19. The van der Waals surface area contributed by atoms with Gasteiger partial charge >= 0.3 is 0 Å². The van der Waals surface area contributed by atoms with Gasteiger partial charge in [-0.05, 0) is 43.0 Å². The molecule has 1 aliphatic rings. The number of nitrogens with zero attached hydrogens (tertiary/aromatic N) is 1. The molecule has 0 aliphatic carbocycles. The largest absolute Gasteiger partial charge is 0.309 e. The number of rotatable bonds is 1. The zero-order valence-corrected chi connectivity index (χ0v) is 9.83. The molecule has 0 saturated carbocycles. The molecule has 0 N–H and O–H groups in total. The van der Waals surface area contributed by atoms with Gasteiger partial charge in [0.1, 0.15) is 0 Å². The minimum atomic E-state index is -0.0505. The van der Waals surface area contributed by atoms with E-state index >= 15 is 0 Å². The Morgan fingerprint density at radius 3 is 3.00 bits per heavy atom. The third kappa shape index (κ3) is 2.12. The number of halogens is 1. The van der Waals surface area contributed by atoms with Gasteiger partial charge in [0.25, 0.3) is 0 Å². The van der Waals surface area contributed by atoms with E-state index in [1.54, 1.807) is 4.90 Å². The maximum Gasteiger partial charge on any atom is 0.250 e. The van der Waals surface area contributed by atoms with Crippen molar-refractivity contribution < 1.29 is 4.79 Å². The summed E-state index contributed by atoms with van der Waals surface area (Å²) in [6.45, 7) is 4.29. The summed E-state index contributed by atoms with van der Waals surface area (Å²) < 4.78 is 0. The summed E-state index contributed by atoms with van der Waals surface area (Å²) in [4.78, 5) is 13.5. The molecule has 1 heterocycles. The lowest BCUT2D eigenvalue weighted by Gasteiger charge is -2.21. The molecule has 2 nitrogen and oxygen atoms in total. The lowest BCUT2D eigenvalue weighted by molar-refractivity contribution is -0.114. The molecule has 0 unspecified atom stereocenters.